The SMILES string of the molecule is CCc1cccc(C)c1NC(=O)COC(=O)c1cccc2ocnc12. The highest BCUT2D eigenvalue weighted by molar-refractivity contribution is 6.02. The molecule has 0 aliphatic rings. The lowest BCUT2D eigenvalue weighted by atomic mass is 10.1. The summed E-state index contributed by atoms with van der Waals surface area (Å²) < 4.78 is 10.3. The van der Waals surface area contributed by atoms with E-state index in [1.807, 2.05) is 32.0 Å². The van der Waals surface area contributed by atoms with Gasteiger partial charge in [0.1, 0.15) is 5.52 Å². The van der Waals surface area contributed by atoms with E-state index in [-0.39, 0.29) is 18.1 Å². The molecule has 1 N–H and O–H groups in total. The molecule has 0 spiro atoms. The largest absolute Gasteiger partial charge is 0.452 e. The van der Waals surface area contributed by atoms with E-state index in [9.17, 15) is 9.59 Å². The number of carbonyl (C=O) groups excluding carboxylic acids is 2. The van der Waals surface area contributed by atoms with E-state index in [0.29, 0.717) is 11.1 Å². The molecule has 0 atom stereocenters. The van der Waals surface area contributed by atoms with Gasteiger partial charge in [-0.3, -0.25) is 4.79 Å². The number of nitrogens with one attached hydrogen (secondary N) is 1. The molecule has 0 bridgehead atoms. The van der Waals surface area contributed by atoms with Crippen LogP contribution in [0.25, 0.3) is 11.1 Å². The Morgan fingerprint density at radius 2 is 2.00 bits per heavy atom. The minimum absolute atomic E-state index is 0.268. The molecule has 25 heavy (non-hydrogen) atoms. The quantitative estimate of drug-likeness (QED) is 0.720. The normalized spacial score (nSPS) is 10.6. The first-order valence-electron chi connectivity index (χ1n) is 7.97. The molecule has 0 aliphatic carbocycles. The van der Waals surface area contributed by atoms with E-state index in [2.05, 4.69) is 10.3 Å². The van der Waals surface area contributed by atoms with E-state index in [1.165, 1.54) is 6.39 Å². The summed E-state index contributed by atoms with van der Waals surface area (Å²) in [6, 6.07) is 10.8. The minimum Gasteiger partial charge on any atom is -0.452 e. The number of nitrogens with zero attached hydrogens (tertiary/aromatic N) is 1. The summed E-state index contributed by atoms with van der Waals surface area (Å²) in [7, 11) is 0. The Balaban J connectivity index is 1.67. The zero-order valence-electron chi connectivity index (χ0n) is 14.0. The second-order valence-corrected chi connectivity index (χ2v) is 5.59. The number of hydrogen-bond donors (Lipinski definition) is 1. The first kappa shape index (κ1) is 16.7. The fraction of sp³-hybridized carbons (Fsp3) is 0.211. The Morgan fingerprint density at radius 1 is 1.20 bits per heavy atom. The van der Waals surface area contributed by atoms with Crippen LogP contribution in [-0.2, 0) is 16.0 Å². The number of esters is 1. The minimum atomic E-state index is -0.616. The maximum Gasteiger partial charge on any atom is 0.340 e. The molecule has 0 fully saturated rings. The fourth-order valence-electron chi connectivity index (χ4n) is 2.64. The van der Waals surface area contributed by atoms with Gasteiger partial charge in [0, 0.05) is 5.69 Å². The summed E-state index contributed by atoms with van der Waals surface area (Å²) in [6.07, 6.45) is 2.06. The van der Waals surface area contributed by atoms with E-state index in [0.717, 1.165) is 23.2 Å². The van der Waals surface area contributed by atoms with Gasteiger partial charge in [-0.05, 0) is 36.6 Å². The van der Waals surface area contributed by atoms with E-state index in [4.69, 9.17) is 9.15 Å². The van der Waals surface area contributed by atoms with Crippen LogP contribution in [0.15, 0.2) is 47.2 Å². The molecule has 0 saturated carbocycles. The van der Waals surface area contributed by atoms with Gasteiger partial charge in [0.15, 0.2) is 18.6 Å². The maximum atomic E-state index is 12.2. The molecule has 1 heterocycles. The molecule has 128 valence electrons. The summed E-state index contributed by atoms with van der Waals surface area (Å²) in [6.45, 7) is 3.57. The third-order valence-electron chi connectivity index (χ3n) is 3.92. The lowest BCUT2D eigenvalue weighted by molar-refractivity contribution is -0.119. The third kappa shape index (κ3) is 3.52. The number of oxazole rings is 1. The fourth-order valence-corrected chi connectivity index (χ4v) is 2.64. The number of carbonyl (C=O) groups is 2. The molecular formula is C19H18N2O4. The molecule has 6 heteroatoms. The van der Waals surface area contributed by atoms with Crippen molar-refractivity contribution in [3.63, 3.8) is 0 Å². The standard InChI is InChI=1S/C19H18N2O4/c1-3-13-7-4-6-12(2)17(13)21-16(22)10-24-19(23)14-8-5-9-15-18(14)20-11-25-15/h4-9,11H,3,10H2,1-2H3,(H,21,22). The zero-order valence-corrected chi connectivity index (χ0v) is 14.0. The van der Waals surface area contributed by atoms with Crippen molar-refractivity contribution in [1.29, 1.82) is 0 Å². The van der Waals surface area contributed by atoms with Crippen molar-refractivity contribution in [2.45, 2.75) is 20.3 Å². The topological polar surface area (TPSA) is 81.4 Å². The number of ether oxygens (including phenoxy) is 1. The molecule has 1 aromatic heterocycles. The predicted octanol–water partition coefficient (Wildman–Crippen LogP) is 3.49. The predicted molar refractivity (Wildman–Crippen MR) is 93.5 cm³/mol. The van der Waals surface area contributed by atoms with Crippen molar-refractivity contribution in [3.05, 3.63) is 59.5 Å². The number of aromatic nitrogens is 1. The van der Waals surface area contributed by atoms with Gasteiger partial charge in [-0.15, -0.1) is 0 Å². The van der Waals surface area contributed by atoms with Crippen LogP contribution in [0.4, 0.5) is 5.69 Å². The van der Waals surface area contributed by atoms with Gasteiger partial charge >= 0.3 is 5.97 Å². The Hall–Kier alpha value is -3.15. The first-order valence-corrected chi connectivity index (χ1v) is 7.97. The van der Waals surface area contributed by atoms with Crippen LogP contribution in [0.5, 0.6) is 0 Å². The van der Waals surface area contributed by atoms with Crippen LogP contribution >= 0.6 is 0 Å². The molecule has 3 aromatic rings. The van der Waals surface area contributed by atoms with Crippen molar-refractivity contribution in [2.24, 2.45) is 0 Å². The molecule has 1 amide bonds. The Morgan fingerprint density at radius 3 is 2.80 bits per heavy atom. The number of amides is 1. The number of rotatable bonds is 5. The number of hydrogen-bond acceptors (Lipinski definition) is 5. The second-order valence-electron chi connectivity index (χ2n) is 5.59. The number of fused-ring (bicyclic) bond motifs is 1. The van der Waals surface area contributed by atoms with Crippen LogP contribution in [0.1, 0.15) is 28.4 Å². The van der Waals surface area contributed by atoms with Crippen molar-refractivity contribution >= 4 is 28.7 Å². The number of anilines is 1. The van der Waals surface area contributed by atoms with Gasteiger partial charge in [0.05, 0.1) is 5.56 Å². The lowest BCUT2D eigenvalue weighted by Gasteiger charge is -2.13. The average Bonchev–Trinajstić information content (AvgIpc) is 3.10. The monoisotopic (exact) mass is 338 g/mol. The third-order valence-corrected chi connectivity index (χ3v) is 3.92. The highest BCUT2D eigenvalue weighted by Crippen LogP contribution is 2.21. The molecule has 0 radical (unpaired) electrons. The second kappa shape index (κ2) is 7.17. The maximum absolute atomic E-state index is 12.2. The van der Waals surface area contributed by atoms with Crippen LogP contribution in [0, 0.1) is 6.92 Å². The lowest BCUT2D eigenvalue weighted by Crippen LogP contribution is -2.22. The number of para-hydroxylation sites is 2. The van der Waals surface area contributed by atoms with E-state index >= 15 is 0 Å². The Bertz CT molecular complexity index is 930. The summed E-state index contributed by atoms with van der Waals surface area (Å²) in [5.74, 6) is -1.00. The summed E-state index contributed by atoms with van der Waals surface area (Å²) >= 11 is 0. The zero-order chi connectivity index (χ0) is 17.8. The highest BCUT2D eigenvalue weighted by atomic mass is 16.5. The van der Waals surface area contributed by atoms with Gasteiger partial charge in [-0.1, -0.05) is 31.2 Å². The molecule has 0 unspecified atom stereocenters. The van der Waals surface area contributed by atoms with Gasteiger partial charge in [0.25, 0.3) is 5.91 Å². The molecule has 2 aromatic carbocycles. The molecule has 0 aliphatic heterocycles. The van der Waals surface area contributed by atoms with Gasteiger partial charge in [0.2, 0.25) is 0 Å². The highest BCUT2D eigenvalue weighted by Gasteiger charge is 2.16. The molecular weight excluding hydrogens is 320 g/mol. The molecule has 3 rings (SSSR count). The van der Waals surface area contributed by atoms with Crippen LogP contribution < -0.4 is 5.32 Å². The van der Waals surface area contributed by atoms with E-state index < -0.39 is 5.97 Å². The van der Waals surface area contributed by atoms with Crippen molar-refractivity contribution in [3.8, 4) is 0 Å². The van der Waals surface area contributed by atoms with Crippen molar-refractivity contribution in [1.82, 2.24) is 4.98 Å². The first-order chi connectivity index (χ1) is 12.1. The Kier molecular flexibility index (Phi) is 4.79. The van der Waals surface area contributed by atoms with Crippen molar-refractivity contribution < 1.29 is 18.7 Å². The van der Waals surface area contributed by atoms with E-state index in [1.54, 1.807) is 18.2 Å². The number of aryl methyl sites for hydroxylation is 2. The van der Waals surface area contributed by atoms with Crippen LogP contribution in [0.2, 0.25) is 0 Å². The smallest absolute Gasteiger partial charge is 0.340 e. The van der Waals surface area contributed by atoms with Crippen LogP contribution in [0.3, 0.4) is 0 Å². The number of benzene rings is 2. The summed E-state index contributed by atoms with van der Waals surface area (Å²) in [5.41, 5.74) is 3.94. The molecule has 0 saturated heterocycles. The van der Waals surface area contributed by atoms with Gasteiger partial charge in [-0.25, -0.2) is 9.78 Å². The summed E-state index contributed by atoms with van der Waals surface area (Å²) in [4.78, 5) is 28.4. The van der Waals surface area contributed by atoms with Crippen molar-refractivity contribution in [2.75, 3.05) is 11.9 Å². The average molecular weight is 338 g/mol. The summed E-state index contributed by atoms with van der Waals surface area (Å²) in [5, 5.41) is 2.82. The Labute approximate surface area is 144 Å². The van der Waals surface area contributed by atoms with Gasteiger partial charge in [-0.2, -0.15) is 0 Å². The molecule has 6 nitrogen and oxygen atoms in total. The van der Waals surface area contributed by atoms with Crippen LogP contribution in [-0.4, -0.2) is 23.5 Å². The van der Waals surface area contributed by atoms with Gasteiger partial charge < -0.3 is 14.5 Å².